The van der Waals surface area contributed by atoms with Gasteiger partial charge in [-0.3, -0.25) is 9.36 Å². The van der Waals surface area contributed by atoms with E-state index in [9.17, 15) is 9.59 Å². The van der Waals surface area contributed by atoms with Crippen molar-refractivity contribution in [2.75, 3.05) is 6.61 Å². The molecule has 1 aromatic heterocycles. The molecule has 4 aromatic carbocycles. The van der Waals surface area contributed by atoms with Gasteiger partial charge in [0, 0.05) is 5.56 Å². The van der Waals surface area contributed by atoms with Crippen LogP contribution in [0.3, 0.4) is 0 Å². The highest BCUT2D eigenvalue weighted by atomic mass is 32.1. The predicted octanol–water partition coefficient (Wildman–Crippen LogP) is 5.89. The summed E-state index contributed by atoms with van der Waals surface area (Å²) >= 11 is 1.32. The Kier molecular flexibility index (Phi) is 7.05. The molecule has 1 atom stereocenters. The first-order valence-corrected chi connectivity index (χ1v) is 14.5. The molecule has 6 rings (SSSR count). The lowest BCUT2D eigenvalue weighted by atomic mass is 9.95. The highest BCUT2D eigenvalue weighted by Crippen LogP contribution is 2.36. The first-order chi connectivity index (χ1) is 19.9. The Bertz CT molecular complexity index is 1980. The van der Waals surface area contributed by atoms with Crippen LogP contribution in [0.15, 0.2) is 99.9 Å². The monoisotopic (exact) mass is 562 g/mol. The van der Waals surface area contributed by atoms with E-state index >= 15 is 0 Å². The third-order valence-electron chi connectivity index (χ3n) is 7.18. The minimum Gasteiger partial charge on any atom is -0.491 e. The van der Waals surface area contributed by atoms with Gasteiger partial charge in [0.25, 0.3) is 5.56 Å². The Labute approximate surface area is 241 Å². The van der Waals surface area contributed by atoms with Crippen LogP contribution >= 0.6 is 11.3 Å². The van der Waals surface area contributed by atoms with Gasteiger partial charge in [-0.25, -0.2) is 9.79 Å². The number of aromatic nitrogens is 1. The van der Waals surface area contributed by atoms with Gasteiger partial charge in [0.05, 0.1) is 28.5 Å². The summed E-state index contributed by atoms with van der Waals surface area (Å²) in [6.07, 6.45) is 1.87. The lowest BCUT2D eigenvalue weighted by Gasteiger charge is -2.26. The second-order valence-electron chi connectivity index (χ2n) is 10.2. The van der Waals surface area contributed by atoms with Crippen LogP contribution in [0.25, 0.3) is 27.6 Å². The minimum absolute atomic E-state index is 0.0947. The molecule has 0 radical (unpaired) electrons. The number of nitrogens with zero attached hydrogens (tertiary/aromatic N) is 2. The van der Waals surface area contributed by atoms with Crippen LogP contribution in [0.5, 0.6) is 5.75 Å². The van der Waals surface area contributed by atoms with Crippen LogP contribution in [0.2, 0.25) is 0 Å². The lowest BCUT2D eigenvalue weighted by molar-refractivity contribution is -0.139. The number of para-hydroxylation sites is 1. The zero-order valence-electron chi connectivity index (χ0n) is 23.4. The molecule has 41 heavy (non-hydrogen) atoms. The molecule has 0 fully saturated rings. The van der Waals surface area contributed by atoms with Gasteiger partial charge in [-0.15, -0.1) is 0 Å². The number of ether oxygens (including phenoxy) is 2. The molecule has 0 aliphatic carbocycles. The van der Waals surface area contributed by atoms with Gasteiger partial charge in [-0.05, 0) is 73.0 Å². The maximum Gasteiger partial charge on any atom is 0.338 e. The van der Waals surface area contributed by atoms with Crippen LogP contribution in [-0.2, 0) is 9.53 Å². The van der Waals surface area contributed by atoms with Gasteiger partial charge >= 0.3 is 5.97 Å². The molecule has 0 amide bonds. The summed E-state index contributed by atoms with van der Waals surface area (Å²) in [7, 11) is 0. The van der Waals surface area contributed by atoms with Crippen LogP contribution < -0.4 is 19.6 Å². The maximum absolute atomic E-state index is 14.3. The zero-order valence-corrected chi connectivity index (χ0v) is 24.2. The lowest BCUT2D eigenvalue weighted by Crippen LogP contribution is -2.40. The first kappa shape index (κ1) is 26.7. The Hall–Kier alpha value is -4.49. The standard InChI is InChI=1S/C34H30N2O4S/c1-5-39-33(38)30-21(4)35-34-36(31(30)26-16-10-11-17-28(26)40-20(2)3)32(37)29(41-34)19-27-24-14-8-6-12-22(24)18-23-13-7-9-15-25(23)27/h6-20,31H,5H2,1-4H3. The summed E-state index contributed by atoms with van der Waals surface area (Å²) in [4.78, 5) is 32.9. The molecule has 206 valence electrons. The van der Waals surface area contributed by atoms with E-state index in [-0.39, 0.29) is 18.3 Å². The van der Waals surface area contributed by atoms with Crippen molar-refractivity contribution in [3.8, 4) is 5.75 Å². The minimum atomic E-state index is -0.744. The molecule has 0 bridgehead atoms. The van der Waals surface area contributed by atoms with E-state index in [0.29, 0.717) is 31.9 Å². The van der Waals surface area contributed by atoms with Crippen molar-refractivity contribution in [1.82, 2.24) is 4.57 Å². The Morgan fingerprint density at radius 1 is 1.00 bits per heavy atom. The largest absolute Gasteiger partial charge is 0.491 e. The molecule has 7 heteroatoms. The number of rotatable bonds is 6. The van der Waals surface area contributed by atoms with E-state index in [0.717, 1.165) is 27.1 Å². The third kappa shape index (κ3) is 4.76. The highest BCUT2D eigenvalue weighted by Gasteiger charge is 2.35. The molecule has 5 aromatic rings. The third-order valence-corrected chi connectivity index (χ3v) is 8.16. The molecule has 6 nitrogen and oxygen atoms in total. The number of esters is 1. The van der Waals surface area contributed by atoms with Crippen LogP contribution in [0, 0.1) is 0 Å². The van der Waals surface area contributed by atoms with E-state index in [4.69, 9.17) is 14.5 Å². The van der Waals surface area contributed by atoms with Crippen molar-refractivity contribution in [3.05, 3.63) is 121 Å². The highest BCUT2D eigenvalue weighted by molar-refractivity contribution is 7.07. The topological polar surface area (TPSA) is 69.9 Å². The number of carbonyl (C=O) groups is 1. The van der Waals surface area contributed by atoms with Crippen LogP contribution in [0.4, 0.5) is 0 Å². The maximum atomic E-state index is 14.3. The summed E-state index contributed by atoms with van der Waals surface area (Å²) in [5.74, 6) is 0.117. The van der Waals surface area contributed by atoms with Crippen LogP contribution in [0.1, 0.15) is 44.9 Å². The molecule has 0 saturated heterocycles. The summed E-state index contributed by atoms with van der Waals surface area (Å²) in [5, 5.41) is 4.33. The van der Waals surface area contributed by atoms with Gasteiger partial charge in [0.1, 0.15) is 11.8 Å². The van der Waals surface area contributed by atoms with E-state index in [1.165, 1.54) is 11.3 Å². The van der Waals surface area contributed by atoms with Gasteiger partial charge in [-0.2, -0.15) is 0 Å². The summed E-state index contributed by atoms with van der Waals surface area (Å²) in [6.45, 7) is 7.67. The number of benzene rings is 4. The molecule has 0 spiro atoms. The van der Waals surface area contributed by atoms with Gasteiger partial charge in [0.15, 0.2) is 4.80 Å². The Balaban J connectivity index is 1.65. The summed E-state index contributed by atoms with van der Waals surface area (Å²) < 4.78 is 13.8. The fourth-order valence-electron chi connectivity index (χ4n) is 5.49. The van der Waals surface area contributed by atoms with E-state index in [1.807, 2.05) is 68.5 Å². The molecule has 0 N–H and O–H groups in total. The predicted molar refractivity (Wildman–Crippen MR) is 164 cm³/mol. The number of thiazole rings is 1. The van der Waals surface area contributed by atoms with Crippen molar-refractivity contribution >= 4 is 44.9 Å². The average Bonchev–Trinajstić information content (AvgIpc) is 3.26. The van der Waals surface area contributed by atoms with E-state index in [1.54, 1.807) is 18.4 Å². The normalized spacial score (nSPS) is 15.3. The number of carbonyl (C=O) groups excluding carboxylic acids is 1. The molecule has 2 heterocycles. The van der Waals surface area contributed by atoms with Gasteiger partial charge in [-0.1, -0.05) is 78.1 Å². The van der Waals surface area contributed by atoms with Gasteiger partial charge < -0.3 is 9.47 Å². The molecule has 1 aliphatic rings. The molecule has 1 aliphatic heterocycles. The van der Waals surface area contributed by atoms with Crippen molar-refractivity contribution in [3.63, 3.8) is 0 Å². The number of fused-ring (bicyclic) bond motifs is 3. The average molecular weight is 563 g/mol. The molecular weight excluding hydrogens is 532 g/mol. The fourth-order valence-corrected chi connectivity index (χ4v) is 6.52. The van der Waals surface area contributed by atoms with Crippen molar-refractivity contribution in [1.29, 1.82) is 0 Å². The summed E-state index contributed by atoms with van der Waals surface area (Å²) in [6, 6.07) is 25.4. The van der Waals surface area contributed by atoms with Crippen LogP contribution in [-0.4, -0.2) is 23.2 Å². The molecule has 1 unspecified atom stereocenters. The second-order valence-corrected chi connectivity index (χ2v) is 11.2. The quantitative estimate of drug-likeness (QED) is 0.191. The van der Waals surface area contributed by atoms with E-state index in [2.05, 4.69) is 30.3 Å². The second kappa shape index (κ2) is 10.8. The van der Waals surface area contributed by atoms with Crippen molar-refractivity contribution in [2.24, 2.45) is 4.99 Å². The van der Waals surface area contributed by atoms with Crippen molar-refractivity contribution < 1.29 is 14.3 Å². The number of allylic oxidation sites excluding steroid dienone is 1. The van der Waals surface area contributed by atoms with Gasteiger partial charge in [0.2, 0.25) is 0 Å². The number of hydrogen-bond acceptors (Lipinski definition) is 6. The van der Waals surface area contributed by atoms with Crippen molar-refractivity contribution in [2.45, 2.75) is 39.8 Å². The summed E-state index contributed by atoms with van der Waals surface area (Å²) in [5.41, 5.74) is 2.33. The first-order valence-electron chi connectivity index (χ1n) is 13.7. The SMILES string of the molecule is CCOC(=O)C1=C(C)N=c2sc(=Cc3c4ccccc4cc4ccccc34)c(=O)n2C1c1ccccc1OC(C)C. The fraction of sp³-hybridized carbons (Fsp3) is 0.206. The molecule has 0 saturated carbocycles. The Morgan fingerprint density at radius 2 is 1.63 bits per heavy atom. The number of hydrogen-bond donors (Lipinski definition) is 0. The molecular formula is C34H30N2O4S. The smallest absolute Gasteiger partial charge is 0.338 e. The zero-order chi connectivity index (χ0) is 28.7. The van der Waals surface area contributed by atoms with E-state index < -0.39 is 12.0 Å². The Morgan fingerprint density at radius 3 is 2.29 bits per heavy atom.